The Morgan fingerprint density at radius 1 is 1.07 bits per heavy atom. The Kier molecular flexibility index (Phi) is 6.19. The molecular weight excluding hydrogens is 500 g/mol. The van der Waals surface area contributed by atoms with E-state index in [-0.39, 0.29) is 44.8 Å². The van der Waals surface area contributed by atoms with Gasteiger partial charge in [-0.15, -0.1) is 0 Å². The molecule has 2 N–H and O–H groups in total. The maximum absolute atomic E-state index is 14.6. The molecule has 3 saturated carbocycles. The van der Waals surface area contributed by atoms with Gasteiger partial charge in [0.15, 0.2) is 5.78 Å². The summed E-state index contributed by atoms with van der Waals surface area (Å²) in [4.78, 5) is 25.8. The summed E-state index contributed by atoms with van der Waals surface area (Å²) in [5.41, 5.74) is 2.51. The van der Waals surface area contributed by atoms with E-state index in [1.165, 1.54) is 11.1 Å². The summed E-state index contributed by atoms with van der Waals surface area (Å²) in [7, 11) is 0. The molecule has 6 nitrogen and oxygen atoms in total. The summed E-state index contributed by atoms with van der Waals surface area (Å²) in [6.07, 6.45) is 12.8. The molecule has 1 aromatic heterocycles. The summed E-state index contributed by atoms with van der Waals surface area (Å²) in [6.45, 7) is 18.1. The maximum Gasteiger partial charge on any atom is 0.304 e. The van der Waals surface area contributed by atoms with Crippen molar-refractivity contribution in [1.82, 2.24) is 10.5 Å². The average Bonchev–Trinajstić information content (AvgIpc) is 3.32. The van der Waals surface area contributed by atoms with Crippen molar-refractivity contribution in [3.8, 4) is 0 Å². The van der Waals surface area contributed by atoms with Crippen LogP contribution in [0, 0.1) is 44.8 Å². The van der Waals surface area contributed by atoms with Gasteiger partial charge in [-0.1, -0.05) is 59.2 Å². The minimum atomic E-state index is -0.760. The molecule has 0 amide bonds. The van der Waals surface area contributed by atoms with Gasteiger partial charge in [0.25, 0.3) is 0 Å². The number of carbonyl (C=O) groups is 2. The Morgan fingerprint density at radius 3 is 2.52 bits per heavy atom. The van der Waals surface area contributed by atoms with Gasteiger partial charge in [0.2, 0.25) is 0 Å². The molecule has 6 rings (SSSR count). The Hall–Kier alpha value is -1.95. The molecule has 0 aliphatic heterocycles. The molecule has 220 valence electrons. The Labute approximate surface area is 240 Å². The summed E-state index contributed by atoms with van der Waals surface area (Å²) in [5, 5.41) is 16.9. The van der Waals surface area contributed by atoms with Gasteiger partial charge in [0, 0.05) is 30.0 Å². The summed E-state index contributed by atoms with van der Waals surface area (Å²) in [5.74, 6) is 1.35. The van der Waals surface area contributed by atoms with Crippen molar-refractivity contribution in [2.45, 2.75) is 112 Å². The monoisotopic (exact) mass is 550 g/mol. The van der Waals surface area contributed by atoms with Crippen LogP contribution in [0.15, 0.2) is 22.4 Å². The van der Waals surface area contributed by atoms with E-state index in [1.807, 2.05) is 6.20 Å². The quantitative estimate of drug-likeness (QED) is 0.395. The second-order valence-electron chi connectivity index (χ2n) is 16.4. The first-order valence-corrected chi connectivity index (χ1v) is 15.7. The number of fused-ring (bicyclic) bond motifs is 8. The van der Waals surface area contributed by atoms with Crippen LogP contribution >= 0.6 is 0 Å². The van der Waals surface area contributed by atoms with Crippen molar-refractivity contribution in [2.75, 3.05) is 13.1 Å². The van der Waals surface area contributed by atoms with Crippen molar-refractivity contribution in [3.63, 3.8) is 0 Å². The molecule has 6 heteroatoms. The van der Waals surface area contributed by atoms with Crippen LogP contribution in [0.25, 0.3) is 0 Å². The number of aliphatic carboxylic acids is 1. The highest BCUT2D eigenvalue weighted by Gasteiger charge is 2.69. The van der Waals surface area contributed by atoms with Crippen LogP contribution in [0.3, 0.4) is 0 Å². The lowest BCUT2D eigenvalue weighted by Gasteiger charge is -2.69. The van der Waals surface area contributed by atoms with Gasteiger partial charge in [-0.2, -0.15) is 0 Å². The maximum atomic E-state index is 14.6. The minimum absolute atomic E-state index is 0.0127. The number of hydrogen-bond donors (Lipinski definition) is 2. The highest BCUT2D eigenvalue weighted by molar-refractivity contribution is 5.95. The zero-order chi connectivity index (χ0) is 28.9. The van der Waals surface area contributed by atoms with Crippen LogP contribution in [0.1, 0.15) is 111 Å². The van der Waals surface area contributed by atoms with Gasteiger partial charge in [-0.25, -0.2) is 0 Å². The van der Waals surface area contributed by atoms with E-state index in [0.717, 1.165) is 63.7 Å². The van der Waals surface area contributed by atoms with Gasteiger partial charge < -0.3 is 14.9 Å². The van der Waals surface area contributed by atoms with Crippen LogP contribution in [-0.4, -0.2) is 35.1 Å². The van der Waals surface area contributed by atoms with E-state index >= 15 is 0 Å². The topological polar surface area (TPSA) is 92.4 Å². The third-order valence-electron chi connectivity index (χ3n) is 13.5. The van der Waals surface area contributed by atoms with E-state index < -0.39 is 5.97 Å². The second-order valence-corrected chi connectivity index (χ2v) is 16.4. The van der Waals surface area contributed by atoms with E-state index in [0.29, 0.717) is 24.2 Å². The summed E-state index contributed by atoms with van der Waals surface area (Å²) < 4.78 is 5.82. The van der Waals surface area contributed by atoms with Gasteiger partial charge in [0.1, 0.15) is 5.76 Å². The number of allylic oxidation sites excluding steroid dienone is 2. The number of carboxylic acids is 1. The van der Waals surface area contributed by atoms with Crippen LogP contribution in [0.5, 0.6) is 0 Å². The first-order chi connectivity index (χ1) is 18.6. The lowest BCUT2D eigenvalue weighted by atomic mass is 9.34. The first-order valence-electron chi connectivity index (χ1n) is 15.7. The van der Waals surface area contributed by atoms with Gasteiger partial charge in [0.05, 0.1) is 12.6 Å². The number of hydrogen-bond acceptors (Lipinski definition) is 5. The Balaban J connectivity index is 1.41. The Morgan fingerprint density at radius 2 is 1.80 bits per heavy atom. The second kappa shape index (κ2) is 8.78. The molecule has 5 aliphatic carbocycles. The molecule has 0 bridgehead atoms. The van der Waals surface area contributed by atoms with E-state index in [4.69, 9.17) is 4.52 Å². The highest BCUT2D eigenvalue weighted by atomic mass is 16.5. The third-order valence-corrected chi connectivity index (χ3v) is 13.5. The van der Waals surface area contributed by atoms with Gasteiger partial charge in [-0.05, 0) is 96.4 Å². The highest BCUT2D eigenvalue weighted by Crippen LogP contribution is 2.74. The lowest BCUT2D eigenvalue weighted by molar-refractivity contribution is -0.171. The minimum Gasteiger partial charge on any atom is -0.481 e. The van der Waals surface area contributed by atoms with E-state index in [2.05, 4.69) is 65.0 Å². The molecule has 1 heterocycles. The van der Waals surface area contributed by atoms with E-state index in [1.54, 1.807) is 0 Å². The third kappa shape index (κ3) is 3.72. The van der Waals surface area contributed by atoms with Crippen LogP contribution in [0.4, 0.5) is 0 Å². The smallest absolute Gasteiger partial charge is 0.304 e. The molecule has 0 radical (unpaired) electrons. The normalized spacial score (nSPS) is 42.9. The SMILES string of the molecule is CC1(C)CC[C@]2(CNCCC(=O)O)CC[C@]3(C)[C@H](C(=O)C=C4[C@@]5(C)Cc6cnoc6C(C)(C)[C@@H]5CC[C@]43C)[C@@H]2C1. The molecule has 3 fully saturated rings. The number of carboxylic acid groups (broad SMARTS) is 1. The van der Waals surface area contributed by atoms with Crippen LogP contribution < -0.4 is 5.32 Å². The first kappa shape index (κ1) is 28.2. The fourth-order valence-electron chi connectivity index (χ4n) is 11.2. The fourth-order valence-corrected chi connectivity index (χ4v) is 11.2. The molecular formula is C34H50N2O4. The Bertz CT molecular complexity index is 1260. The fraction of sp³-hybridized carbons (Fsp3) is 0.794. The van der Waals surface area contributed by atoms with Crippen molar-refractivity contribution < 1.29 is 19.2 Å². The average molecular weight is 551 g/mol. The molecule has 5 aliphatic rings. The number of rotatable bonds is 5. The zero-order valence-corrected chi connectivity index (χ0v) is 25.8. The van der Waals surface area contributed by atoms with Crippen LogP contribution in [-0.2, 0) is 21.4 Å². The number of nitrogens with zero attached hydrogens (tertiary/aromatic N) is 1. The van der Waals surface area contributed by atoms with Gasteiger partial charge >= 0.3 is 5.97 Å². The molecule has 7 atom stereocenters. The number of aromatic nitrogens is 1. The molecule has 40 heavy (non-hydrogen) atoms. The molecule has 0 unspecified atom stereocenters. The largest absolute Gasteiger partial charge is 0.481 e. The molecule has 0 aromatic carbocycles. The van der Waals surface area contributed by atoms with Crippen LogP contribution in [0.2, 0.25) is 0 Å². The summed E-state index contributed by atoms with van der Waals surface area (Å²) >= 11 is 0. The van der Waals surface area contributed by atoms with Gasteiger partial charge in [-0.3, -0.25) is 9.59 Å². The van der Waals surface area contributed by atoms with E-state index in [9.17, 15) is 14.7 Å². The summed E-state index contributed by atoms with van der Waals surface area (Å²) in [6, 6.07) is 0. The van der Waals surface area contributed by atoms with Crippen molar-refractivity contribution in [3.05, 3.63) is 29.2 Å². The predicted octanol–water partition coefficient (Wildman–Crippen LogP) is 6.73. The standard InChI is InChI=1S/C34H50N2O4/c1-29(2)11-13-34(20-35-15-9-26(38)39)14-12-33(7)27(22(34)18-29)23(37)16-25-31(5)17-21-19-36-40-28(21)30(3,4)24(31)8-10-32(25,33)6/h16,19,22,24,27,35H,8-15,17-18,20H2,1-7H3,(H,38,39)/t22-,24-,27-,31-,32+,33+,34+/m0/s1. The zero-order valence-electron chi connectivity index (χ0n) is 25.8. The predicted molar refractivity (Wildman–Crippen MR) is 155 cm³/mol. The number of carbonyl (C=O) groups excluding carboxylic acids is 1. The van der Waals surface area contributed by atoms with Crippen molar-refractivity contribution in [2.24, 2.45) is 44.8 Å². The van der Waals surface area contributed by atoms with Crippen molar-refractivity contribution >= 4 is 11.8 Å². The number of nitrogens with one attached hydrogen (secondary N) is 1. The van der Waals surface area contributed by atoms with Crippen molar-refractivity contribution in [1.29, 1.82) is 0 Å². The molecule has 0 saturated heterocycles. The number of ketones is 1. The lowest BCUT2D eigenvalue weighted by Crippen LogP contribution is -2.66. The molecule has 1 aromatic rings. The molecule has 0 spiro atoms.